The number of hydrogen-bond acceptors (Lipinski definition) is 4. The van der Waals surface area contributed by atoms with Crippen molar-refractivity contribution < 1.29 is 14.6 Å². The molecule has 0 fully saturated rings. The van der Waals surface area contributed by atoms with Gasteiger partial charge in [0.1, 0.15) is 0 Å². The maximum Gasteiger partial charge on any atom is 0.236 e. The molecule has 0 aromatic carbocycles. The highest BCUT2D eigenvalue weighted by Crippen LogP contribution is 1.82. The lowest BCUT2D eigenvalue weighted by Crippen LogP contribution is -2.42. The molecule has 12 heavy (non-hydrogen) atoms. The van der Waals surface area contributed by atoms with Crippen molar-refractivity contribution in [2.75, 3.05) is 20.3 Å². The van der Waals surface area contributed by atoms with Gasteiger partial charge in [0.05, 0.1) is 18.8 Å². The number of nitrogens with one attached hydrogen (secondary N) is 1. The lowest BCUT2D eigenvalue weighted by molar-refractivity contribution is -0.122. The van der Waals surface area contributed by atoms with Gasteiger partial charge in [-0.2, -0.15) is 0 Å². The standard InChI is InChI=1S/C7H16N2O3/c1-5(8)7(11)9-3-6(10)4-12-2/h5-6,10H,3-4,8H2,1-2H3,(H,9,11). The molecule has 0 saturated heterocycles. The van der Waals surface area contributed by atoms with Gasteiger partial charge in [0.15, 0.2) is 0 Å². The van der Waals surface area contributed by atoms with E-state index in [1.807, 2.05) is 0 Å². The zero-order chi connectivity index (χ0) is 9.56. The molecule has 72 valence electrons. The molecule has 0 aliphatic carbocycles. The Kier molecular flexibility index (Phi) is 5.61. The van der Waals surface area contributed by atoms with Gasteiger partial charge in [-0.1, -0.05) is 0 Å². The zero-order valence-corrected chi connectivity index (χ0v) is 7.41. The molecule has 2 unspecified atom stereocenters. The summed E-state index contributed by atoms with van der Waals surface area (Å²) in [4.78, 5) is 10.9. The average molecular weight is 176 g/mol. The summed E-state index contributed by atoms with van der Waals surface area (Å²) in [6, 6.07) is -0.542. The highest BCUT2D eigenvalue weighted by atomic mass is 16.5. The largest absolute Gasteiger partial charge is 0.389 e. The summed E-state index contributed by atoms with van der Waals surface area (Å²) in [6.45, 7) is 1.96. The lowest BCUT2D eigenvalue weighted by atomic mass is 10.3. The van der Waals surface area contributed by atoms with Crippen molar-refractivity contribution in [1.82, 2.24) is 5.32 Å². The van der Waals surface area contributed by atoms with E-state index >= 15 is 0 Å². The first-order valence-corrected chi connectivity index (χ1v) is 3.78. The maximum absolute atomic E-state index is 10.9. The van der Waals surface area contributed by atoms with Crippen molar-refractivity contribution in [1.29, 1.82) is 0 Å². The van der Waals surface area contributed by atoms with Crippen molar-refractivity contribution in [2.24, 2.45) is 5.73 Å². The molecule has 0 aliphatic heterocycles. The van der Waals surface area contributed by atoms with E-state index in [2.05, 4.69) is 10.1 Å². The molecule has 2 atom stereocenters. The summed E-state index contributed by atoms with van der Waals surface area (Å²) in [6.07, 6.45) is -0.669. The Morgan fingerprint density at radius 1 is 1.75 bits per heavy atom. The van der Waals surface area contributed by atoms with Gasteiger partial charge in [-0.3, -0.25) is 4.79 Å². The molecule has 0 heterocycles. The SMILES string of the molecule is COCC(O)CNC(=O)C(C)N. The molecule has 0 aromatic heterocycles. The number of ether oxygens (including phenoxy) is 1. The first-order chi connectivity index (χ1) is 5.57. The number of carbonyl (C=O) groups excluding carboxylic acids is 1. The van der Waals surface area contributed by atoms with Crippen LogP contribution in [0.1, 0.15) is 6.92 Å². The van der Waals surface area contributed by atoms with Gasteiger partial charge in [-0.05, 0) is 6.92 Å². The van der Waals surface area contributed by atoms with Gasteiger partial charge >= 0.3 is 0 Å². The third-order valence-corrected chi connectivity index (χ3v) is 1.28. The van der Waals surface area contributed by atoms with Crippen LogP contribution in [0.4, 0.5) is 0 Å². The Hall–Kier alpha value is -0.650. The third kappa shape index (κ3) is 5.06. The molecule has 0 bridgehead atoms. The van der Waals surface area contributed by atoms with Gasteiger partial charge < -0.3 is 20.9 Å². The van der Waals surface area contributed by atoms with E-state index in [0.29, 0.717) is 0 Å². The fourth-order valence-electron chi connectivity index (χ4n) is 0.631. The van der Waals surface area contributed by atoms with Crippen LogP contribution in [0, 0.1) is 0 Å². The summed E-state index contributed by atoms with van der Waals surface area (Å²) >= 11 is 0. The van der Waals surface area contributed by atoms with Gasteiger partial charge in [-0.25, -0.2) is 0 Å². The van der Waals surface area contributed by atoms with E-state index < -0.39 is 12.1 Å². The minimum Gasteiger partial charge on any atom is -0.389 e. The summed E-state index contributed by atoms with van der Waals surface area (Å²) in [7, 11) is 1.48. The zero-order valence-electron chi connectivity index (χ0n) is 7.41. The topological polar surface area (TPSA) is 84.6 Å². The number of aliphatic hydroxyl groups excluding tert-OH is 1. The maximum atomic E-state index is 10.9. The molecule has 0 aliphatic rings. The normalized spacial score (nSPS) is 15.3. The van der Waals surface area contributed by atoms with Crippen LogP contribution in [0.5, 0.6) is 0 Å². The van der Waals surface area contributed by atoms with Crippen molar-refractivity contribution in [3.8, 4) is 0 Å². The highest BCUT2D eigenvalue weighted by Gasteiger charge is 2.09. The van der Waals surface area contributed by atoms with Crippen LogP contribution in [-0.2, 0) is 9.53 Å². The summed E-state index contributed by atoms with van der Waals surface area (Å²) in [5, 5.41) is 11.6. The number of amides is 1. The number of carbonyl (C=O) groups is 1. The fourth-order valence-corrected chi connectivity index (χ4v) is 0.631. The monoisotopic (exact) mass is 176 g/mol. The minimum atomic E-state index is -0.669. The van der Waals surface area contributed by atoms with Crippen LogP contribution in [-0.4, -0.2) is 43.4 Å². The molecular formula is C7H16N2O3. The molecule has 4 N–H and O–H groups in total. The molecule has 0 radical (unpaired) electrons. The molecule has 0 spiro atoms. The lowest BCUT2D eigenvalue weighted by Gasteiger charge is -2.11. The number of aliphatic hydroxyl groups is 1. The molecule has 0 aromatic rings. The summed E-state index contributed by atoms with van der Waals surface area (Å²) < 4.78 is 4.66. The minimum absolute atomic E-state index is 0.175. The van der Waals surface area contributed by atoms with E-state index in [1.54, 1.807) is 6.92 Å². The average Bonchev–Trinajstić information content (AvgIpc) is 2.00. The Labute approximate surface area is 71.9 Å². The Balaban J connectivity index is 3.47. The smallest absolute Gasteiger partial charge is 0.236 e. The van der Waals surface area contributed by atoms with Crippen LogP contribution < -0.4 is 11.1 Å². The van der Waals surface area contributed by atoms with Crippen molar-refractivity contribution in [3.05, 3.63) is 0 Å². The second-order valence-corrected chi connectivity index (χ2v) is 2.64. The molecule has 0 rings (SSSR count). The molecular weight excluding hydrogens is 160 g/mol. The van der Waals surface area contributed by atoms with Crippen molar-refractivity contribution >= 4 is 5.91 Å². The van der Waals surface area contributed by atoms with Crippen LogP contribution in [0.25, 0.3) is 0 Å². The Bertz CT molecular complexity index is 139. The molecule has 5 nitrogen and oxygen atoms in total. The van der Waals surface area contributed by atoms with Gasteiger partial charge in [0.2, 0.25) is 5.91 Å². The van der Waals surface area contributed by atoms with E-state index in [1.165, 1.54) is 7.11 Å². The van der Waals surface area contributed by atoms with Crippen LogP contribution >= 0.6 is 0 Å². The summed E-state index contributed by atoms with van der Waals surface area (Å²) in [5.41, 5.74) is 5.27. The first-order valence-electron chi connectivity index (χ1n) is 3.78. The Morgan fingerprint density at radius 2 is 2.33 bits per heavy atom. The van der Waals surface area contributed by atoms with E-state index in [9.17, 15) is 4.79 Å². The first kappa shape index (κ1) is 11.4. The van der Waals surface area contributed by atoms with E-state index in [4.69, 9.17) is 10.8 Å². The molecule has 5 heteroatoms. The second-order valence-electron chi connectivity index (χ2n) is 2.64. The fraction of sp³-hybridized carbons (Fsp3) is 0.857. The predicted molar refractivity (Wildman–Crippen MR) is 44.5 cm³/mol. The van der Waals surface area contributed by atoms with Crippen molar-refractivity contribution in [3.63, 3.8) is 0 Å². The number of nitrogens with two attached hydrogens (primary N) is 1. The van der Waals surface area contributed by atoms with Gasteiger partial charge in [0.25, 0.3) is 0 Å². The van der Waals surface area contributed by atoms with Crippen molar-refractivity contribution in [2.45, 2.75) is 19.1 Å². The number of rotatable bonds is 5. The summed E-state index contributed by atoms with van der Waals surface area (Å²) in [5.74, 6) is -0.273. The third-order valence-electron chi connectivity index (χ3n) is 1.28. The Morgan fingerprint density at radius 3 is 2.75 bits per heavy atom. The van der Waals surface area contributed by atoms with Crippen LogP contribution in [0.15, 0.2) is 0 Å². The predicted octanol–water partition coefficient (Wildman–Crippen LogP) is -1.54. The van der Waals surface area contributed by atoms with E-state index in [-0.39, 0.29) is 19.1 Å². The molecule has 1 amide bonds. The number of hydrogen-bond donors (Lipinski definition) is 3. The van der Waals surface area contributed by atoms with Gasteiger partial charge in [0, 0.05) is 13.7 Å². The highest BCUT2D eigenvalue weighted by molar-refractivity contribution is 5.80. The quantitative estimate of drug-likeness (QED) is 0.474. The molecule has 0 saturated carbocycles. The van der Waals surface area contributed by atoms with Crippen LogP contribution in [0.3, 0.4) is 0 Å². The second kappa shape index (κ2) is 5.93. The van der Waals surface area contributed by atoms with Crippen LogP contribution in [0.2, 0.25) is 0 Å². The number of methoxy groups -OCH3 is 1. The van der Waals surface area contributed by atoms with Gasteiger partial charge in [-0.15, -0.1) is 0 Å². The van der Waals surface area contributed by atoms with E-state index in [0.717, 1.165) is 0 Å².